The molecule has 0 radical (unpaired) electrons. The summed E-state index contributed by atoms with van der Waals surface area (Å²) in [5, 5.41) is 0. The first-order valence-electron chi connectivity index (χ1n) is 4.37. The molecule has 4 nitrogen and oxygen atoms in total. The van der Waals surface area contributed by atoms with E-state index in [-0.39, 0.29) is 10.8 Å². The fraction of sp³-hybridized carbons (Fsp3) is 0.444. The largest absolute Gasteiger partial charge is 0.261 e. The van der Waals surface area contributed by atoms with Crippen molar-refractivity contribution in [3.63, 3.8) is 0 Å². The van der Waals surface area contributed by atoms with Crippen molar-refractivity contribution in [3.05, 3.63) is 24.0 Å². The van der Waals surface area contributed by atoms with Crippen molar-refractivity contribution in [2.75, 3.05) is 7.05 Å². The quantitative estimate of drug-likeness (QED) is 0.820. The molecule has 0 amide bonds. The summed E-state index contributed by atoms with van der Waals surface area (Å²) >= 11 is 0. The molecule has 0 bridgehead atoms. The van der Waals surface area contributed by atoms with E-state index in [4.69, 9.17) is 0 Å². The van der Waals surface area contributed by atoms with Gasteiger partial charge in [-0.25, -0.2) is 13.1 Å². The van der Waals surface area contributed by atoms with Crippen LogP contribution in [0.15, 0.2) is 23.2 Å². The second-order valence-electron chi connectivity index (χ2n) is 3.28. The zero-order chi connectivity index (χ0) is 10.8. The van der Waals surface area contributed by atoms with Gasteiger partial charge in [-0.15, -0.1) is 0 Å². The number of hydrogen-bond donors (Lipinski definition) is 1. The molecule has 5 heteroatoms. The lowest BCUT2D eigenvalue weighted by atomic mass is 10.1. The molecule has 1 aromatic heterocycles. The van der Waals surface area contributed by atoms with Crippen molar-refractivity contribution in [2.24, 2.45) is 0 Å². The molecule has 0 aliphatic carbocycles. The molecule has 0 fully saturated rings. The molecule has 0 aliphatic rings. The Balaban J connectivity index is 3.19. The van der Waals surface area contributed by atoms with Gasteiger partial charge in [-0.1, -0.05) is 13.8 Å². The minimum atomic E-state index is -3.34. The van der Waals surface area contributed by atoms with Crippen LogP contribution in [0, 0.1) is 0 Å². The summed E-state index contributed by atoms with van der Waals surface area (Å²) < 4.78 is 25.1. The van der Waals surface area contributed by atoms with E-state index < -0.39 is 10.0 Å². The highest BCUT2D eigenvalue weighted by molar-refractivity contribution is 7.89. The molecule has 1 rings (SSSR count). The van der Waals surface area contributed by atoms with Crippen LogP contribution in [-0.4, -0.2) is 20.4 Å². The van der Waals surface area contributed by atoms with Crippen molar-refractivity contribution in [1.82, 2.24) is 9.71 Å². The van der Waals surface area contributed by atoms with Crippen molar-refractivity contribution in [2.45, 2.75) is 24.7 Å². The van der Waals surface area contributed by atoms with Gasteiger partial charge >= 0.3 is 0 Å². The predicted molar refractivity (Wildman–Crippen MR) is 54.6 cm³/mol. The second kappa shape index (κ2) is 4.06. The lowest BCUT2D eigenvalue weighted by molar-refractivity contribution is 0.587. The van der Waals surface area contributed by atoms with Crippen molar-refractivity contribution >= 4 is 10.0 Å². The van der Waals surface area contributed by atoms with Crippen LogP contribution in [0.5, 0.6) is 0 Å². The molecule has 0 spiro atoms. The van der Waals surface area contributed by atoms with Crippen molar-refractivity contribution < 1.29 is 8.42 Å². The maximum absolute atomic E-state index is 11.4. The zero-order valence-electron chi connectivity index (χ0n) is 8.48. The lowest BCUT2D eigenvalue weighted by Crippen LogP contribution is -2.18. The Bertz CT molecular complexity index is 413. The average Bonchev–Trinajstić information content (AvgIpc) is 2.18. The minimum absolute atomic E-state index is 0.224. The van der Waals surface area contributed by atoms with E-state index in [1.165, 1.54) is 19.3 Å². The smallest absolute Gasteiger partial charge is 0.240 e. The zero-order valence-corrected chi connectivity index (χ0v) is 9.30. The van der Waals surface area contributed by atoms with Crippen LogP contribution in [-0.2, 0) is 10.0 Å². The Kier molecular flexibility index (Phi) is 3.23. The summed E-state index contributed by atoms with van der Waals surface area (Å²) in [6.45, 7) is 3.94. The van der Waals surface area contributed by atoms with E-state index in [1.807, 2.05) is 13.8 Å². The van der Waals surface area contributed by atoms with E-state index >= 15 is 0 Å². The van der Waals surface area contributed by atoms with Gasteiger partial charge in [-0.2, -0.15) is 0 Å². The van der Waals surface area contributed by atoms with E-state index in [9.17, 15) is 8.42 Å². The first-order valence-corrected chi connectivity index (χ1v) is 5.85. The molecule has 0 saturated heterocycles. The summed E-state index contributed by atoms with van der Waals surface area (Å²) in [6, 6.07) is 3.08. The van der Waals surface area contributed by atoms with E-state index in [0.717, 1.165) is 5.69 Å². The predicted octanol–water partition coefficient (Wildman–Crippen LogP) is 1.11. The number of pyridine rings is 1. The Morgan fingerprint density at radius 2 is 2.07 bits per heavy atom. The first kappa shape index (κ1) is 11.1. The molecule has 0 aromatic carbocycles. The number of hydrogen-bond acceptors (Lipinski definition) is 3. The molecule has 14 heavy (non-hydrogen) atoms. The van der Waals surface area contributed by atoms with Gasteiger partial charge in [0.2, 0.25) is 10.0 Å². The van der Waals surface area contributed by atoms with Gasteiger partial charge in [0.05, 0.1) is 4.90 Å². The number of rotatable bonds is 3. The van der Waals surface area contributed by atoms with Crippen molar-refractivity contribution in [3.8, 4) is 0 Å². The monoisotopic (exact) mass is 214 g/mol. The summed E-state index contributed by atoms with van der Waals surface area (Å²) in [5.41, 5.74) is 0.779. The molecule has 0 aliphatic heterocycles. The van der Waals surface area contributed by atoms with Crippen LogP contribution < -0.4 is 4.72 Å². The third-order valence-corrected chi connectivity index (χ3v) is 3.34. The van der Waals surface area contributed by atoms with E-state index in [0.29, 0.717) is 0 Å². The van der Waals surface area contributed by atoms with E-state index in [1.54, 1.807) is 6.07 Å². The molecule has 1 aromatic rings. The average molecular weight is 214 g/mol. The Labute approximate surface area is 84.4 Å². The van der Waals surface area contributed by atoms with Gasteiger partial charge in [0.15, 0.2) is 0 Å². The lowest BCUT2D eigenvalue weighted by Gasteiger charge is -2.06. The van der Waals surface area contributed by atoms with Crippen LogP contribution in [0.1, 0.15) is 25.5 Å². The number of nitrogens with zero attached hydrogens (tertiary/aromatic N) is 1. The Morgan fingerprint density at radius 1 is 1.43 bits per heavy atom. The van der Waals surface area contributed by atoms with Gasteiger partial charge in [0.25, 0.3) is 0 Å². The van der Waals surface area contributed by atoms with Gasteiger partial charge in [0.1, 0.15) is 0 Å². The maximum Gasteiger partial charge on any atom is 0.240 e. The normalized spacial score (nSPS) is 12.0. The van der Waals surface area contributed by atoms with Gasteiger partial charge in [0, 0.05) is 11.9 Å². The van der Waals surface area contributed by atoms with Crippen LogP contribution in [0.25, 0.3) is 0 Å². The van der Waals surface area contributed by atoms with E-state index in [2.05, 4.69) is 9.71 Å². The van der Waals surface area contributed by atoms with Gasteiger partial charge < -0.3 is 0 Å². The molecule has 0 unspecified atom stereocenters. The highest BCUT2D eigenvalue weighted by atomic mass is 32.2. The number of aromatic nitrogens is 1. The van der Waals surface area contributed by atoms with Crippen LogP contribution in [0.3, 0.4) is 0 Å². The second-order valence-corrected chi connectivity index (χ2v) is 5.17. The fourth-order valence-corrected chi connectivity index (χ4v) is 1.78. The van der Waals surface area contributed by atoms with Gasteiger partial charge in [-0.05, 0) is 25.1 Å². The fourth-order valence-electron chi connectivity index (χ4n) is 1.03. The third kappa shape index (κ3) is 2.30. The highest BCUT2D eigenvalue weighted by Gasteiger charge is 2.12. The molecular weight excluding hydrogens is 200 g/mol. The number of nitrogens with one attached hydrogen (secondary N) is 1. The van der Waals surface area contributed by atoms with Crippen LogP contribution in [0.4, 0.5) is 0 Å². The SMILES string of the molecule is CNS(=O)(=O)c1ccnc(C(C)C)c1. The maximum atomic E-state index is 11.4. The summed E-state index contributed by atoms with van der Waals surface area (Å²) in [5.74, 6) is 0.224. The Morgan fingerprint density at radius 3 is 2.57 bits per heavy atom. The highest BCUT2D eigenvalue weighted by Crippen LogP contribution is 2.15. The molecule has 1 N–H and O–H groups in total. The molecule has 0 atom stereocenters. The summed E-state index contributed by atoms with van der Waals surface area (Å²) in [4.78, 5) is 4.36. The number of sulfonamides is 1. The summed E-state index contributed by atoms with van der Waals surface area (Å²) in [6.07, 6.45) is 1.51. The molecular formula is C9H14N2O2S. The minimum Gasteiger partial charge on any atom is -0.261 e. The molecule has 0 saturated carbocycles. The van der Waals surface area contributed by atoms with Crippen LogP contribution >= 0.6 is 0 Å². The molecule has 78 valence electrons. The molecule has 1 heterocycles. The summed E-state index contributed by atoms with van der Waals surface area (Å²) in [7, 11) is -1.95. The first-order chi connectivity index (χ1) is 6.47. The van der Waals surface area contributed by atoms with Crippen molar-refractivity contribution in [1.29, 1.82) is 0 Å². The van der Waals surface area contributed by atoms with Gasteiger partial charge in [-0.3, -0.25) is 4.98 Å². The Hall–Kier alpha value is -0.940. The van der Waals surface area contributed by atoms with Crippen LogP contribution in [0.2, 0.25) is 0 Å². The topological polar surface area (TPSA) is 59.1 Å². The third-order valence-electron chi connectivity index (χ3n) is 1.92. The standard InChI is InChI=1S/C9H14N2O2S/c1-7(2)9-6-8(4-5-11-9)14(12,13)10-3/h4-7,10H,1-3H3.